The van der Waals surface area contributed by atoms with Crippen molar-refractivity contribution in [2.45, 2.75) is 45.0 Å². The van der Waals surface area contributed by atoms with Crippen LogP contribution in [-0.2, 0) is 5.41 Å². The maximum Gasteiger partial charge on any atom is 0.276 e. The molecule has 1 heterocycles. The number of hydrogen-bond acceptors (Lipinski definition) is 4. The Hall–Kier alpha value is -2.15. The number of allylic oxidation sites excluding steroid dienone is 2. The van der Waals surface area contributed by atoms with Crippen molar-refractivity contribution in [3.8, 4) is 0 Å². The van der Waals surface area contributed by atoms with E-state index in [1.54, 1.807) is 6.07 Å². The van der Waals surface area contributed by atoms with Gasteiger partial charge in [0.25, 0.3) is 12.3 Å². The zero-order valence-corrected chi connectivity index (χ0v) is 15.7. The summed E-state index contributed by atoms with van der Waals surface area (Å²) in [5.74, 6) is 0.0659. The smallest absolute Gasteiger partial charge is 0.276 e. The molecule has 0 amide bonds. The number of halogens is 4. The van der Waals surface area contributed by atoms with Gasteiger partial charge in [0.1, 0.15) is 11.5 Å². The summed E-state index contributed by atoms with van der Waals surface area (Å²) in [6, 6.07) is 4.21. The van der Waals surface area contributed by atoms with E-state index < -0.39 is 17.7 Å². The molecule has 1 aromatic carbocycles. The first-order valence-electron chi connectivity index (χ1n) is 8.68. The topological polar surface area (TPSA) is 51.3 Å². The van der Waals surface area contributed by atoms with Gasteiger partial charge in [-0.25, -0.2) is 13.2 Å². The summed E-state index contributed by atoms with van der Waals surface area (Å²) in [7, 11) is 0. The first kappa shape index (κ1) is 19.6. The molecule has 3 rings (SSSR count). The minimum Gasteiger partial charge on any atom is -0.332 e. The summed E-state index contributed by atoms with van der Waals surface area (Å²) in [6.45, 7) is 3.71. The van der Waals surface area contributed by atoms with Crippen LogP contribution in [0.15, 0.2) is 39.4 Å². The van der Waals surface area contributed by atoms with Gasteiger partial charge in [-0.1, -0.05) is 29.7 Å². The van der Waals surface area contributed by atoms with Gasteiger partial charge in [0.15, 0.2) is 5.82 Å². The average molecular weight is 398 g/mol. The lowest BCUT2D eigenvalue weighted by molar-refractivity contribution is 0.190. The van der Waals surface area contributed by atoms with Crippen molar-refractivity contribution < 1.29 is 17.7 Å². The van der Waals surface area contributed by atoms with Gasteiger partial charge >= 0.3 is 0 Å². The zero-order valence-electron chi connectivity index (χ0n) is 15.0. The predicted molar refractivity (Wildman–Crippen MR) is 97.2 cm³/mol. The van der Waals surface area contributed by atoms with Crippen LogP contribution in [0.25, 0.3) is 0 Å². The highest BCUT2D eigenvalue weighted by molar-refractivity contribution is 6.31. The lowest BCUT2D eigenvalue weighted by Gasteiger charge is -2.12. The molecule has 1 aliphatic rings. The molecule has 0 spiro atoms. The van der Waals surface area contributed by atoms with Gasteiger partial charge in [0.05, 0.1) is 5.41 Å². The highest BCUT2D eigenvalue weighted by atomic mass is 35.5. The number of hydrogen-bond donors (Lipinski definition) is 0. The summed E-state index contributed by atoms with van der Waals surface area (Å²) < 4.78 is 44.5. The summed E-state index contributed by atoms with van der Waals surface area (Å²) in [5, 5.41) is 4.33. The number of rotatable bonds is 7. The van der Waals surface area contributed by atoms with Crippen molar-refractivity contribution in [3.63, 3.8) is 0 Å². The summed E-state index contributed by atoms with van der Waals surface area (Å²) in [5.41, 5.74) is 0.287. The van der Waals surface area contributed by atoms with E-state index in [1.165, 1.54) is 25.1 Å². The minimum atomic E-state index is -2.59. The van der Waals surface area contributed by atoms with E-state index in [1.807, 2.05) is 6.92 Å². The van der Waals surface area contributed by atoms with Gasteiger partial charge in [0, 0.05) is 11.6 Å². The normalized spacial score (nSPS) is 16.9. The first-order valence-corrected chi connectivity index (χ1v) is 9.06. The second-order valence-corrected chi connectivity index (χ2v) is 6.99. The van der Waals surface area contributed by atoms with E-state index in [9.17, 15) is 13.2 Å². The van der Waals surface area contributed by atoms with Crippen LogP contribution in [0.4, 0.5) is 13.2 Å². The van der Waals surface area contributed by atoms with Crippen molar-refractivity contribution in [2.75, 3.05) is 6.54 Å². The van der Waals surface area contributed by atoms with Crippen molar-refractivity contribution in [1.29, 1.82) is 0 Å². The fraction of sp³-hybridized carbons (Fsp3) is 0.421. The molecule has 2 aromatic rings. The lowest BCUT2D eigenvalue weighted by atomic mass is 9.95. The molecule has 0 aliphatic heterocycles. The van der Waals surface area contributed by atoms with Gasteiger partial charge < -0.3 is 4.52 Å². The molecule has 1 saturated carbocycles. The number of alkyl halides is 2. The number of nitrogens with zero attached hydrogens (tertiary/aromatic N) is 3. The lowest BCUT2D eigenvalue weighted by Crippen LogP contribution is -2.12. The Kier molecular flexibility index (Phi) is 5.69. The van der Waals surface area contributed by atoms with Crippen LogP contribution >= 0.6 is 11.6 Å². The summed E-state index contributed by atoms with van der Waals surface area (Å²) >= 11 is 6.20. The average Bonchev–Trinajstić information content (AvgIpc) is 3.26. The highest BCUT2D eigenvalue weighted by Crippen LogP contribution is 2.54. The van der Waals surface area contributed by atoms with E-state index in [-0.39, 0.29) is 17.2 Å². The Balaban J connectivity index is 1.96. The number of aliphatic imine (C=N–C) groups is 1. The van der Waals surface area contributed by atoms with Crippen LogP contribution in [0.1, 0.15) is 50.4 Å². The summed E-state index contributed by atoms with van der Waals surface area (Å²) in [4.78, 5) is 8.69. The molecule has 0 saturated heterocycles. The minimum absolute atomic E-state index is 0.0861. The van der Waals surface area contributed by atoms with Crippen molar-refractivity contribution in [3.05, 3.63) is 58.0 Å². The standard InChI is InChI=1S/C19H19ClF3N3O/c1-3-8-24-15(9-11(2)16(22)23)17-25-18(26-27-17)19(6-7-19)13-5-4-12(21)10-14(13)20/h4-5,9-10,16H,3,6-8H2,1-2H3/b11-9+,24-15?. The number of aromatic nitrogens is 2. The molecule has 0 unspecified atom stereocenters. The quantitative estimate of drug-likeness (QED) is 0.591. The fourth-order valence-electron chi connectivity index (χ4n) is 2.82. The Labute approximate surface area is 160 Å². The van der Waals surface area contributed by atoms with Crippen LogP contribution < -0.4 is 0 Å². The largest absolute Gasteiger partial charge is 0.332 e. The molecule has 1 aromatic heterocycles. The second-order valence-electron chi connectivity index (χ2n) is 6.59. The SMILES string of the molecule is CCCN=C(/C=C(\C)C(F)F)c1nc(C2(c3ccc(F)cc3Cl)CC2)no1. The fourth-order valence-corrected chi connectivity index (χ4v) is 3.17. The maximum atomic E-state index is 13.4. The van der Waals surface area contributed by atoms with Gasteiger partial charge in [-0.15, -0.1) is 0 Å². The van der Waals surface area contributed by atoms with Crippen LogP contribution in [-0.4, -0.2) is 28.8 Å². The monoisotopic (exact) mass is 397 g/mol. The van der Waals surface area contributed by atoms with Crippen molar-refractivity contribution in [1.82, 2.24) is 10.1 Å². The third-order valence-corrected chi connectivity index (χ3v) is 4.80. The van der Waals surface area contributed by atoms with E-state index >= 15 is 0 Å². The number of benzene rings is 1. The molecule has 8 heteroatoms. The molecule has 27 heavy (non-hydrogen) atoms. The first-order chi connectivity index (χ1) is 12.9. The Bertz CT molecular complexity index is 888. The molecule has 0 N–H and O–H groups in total. The predicted octanol–water partition coefficient (Wildman–Crippen LogP) is 5.35. The Morgan fingerprint density at radius 1 is 1.41 bits per heavy atom. The van der Waals surface area contributed by atoms with Crippen LogP contribution in [0, 0.1) is 5.82 Å². The second kappa shape index (κ2) is 7.84. The molecule has 0 radical (unpaired) electrons. The third kappa shape index (κ3) is 4.08. The molecule has 144 valence electrons. The molecule has 0 atom stereocenters. The van der Waals surface area contributed by atoms with E-state index in [2.05, 4.69) is 15.1 Å². The van der Waals surface area contributed by atoms with Gasteiger partial charge in [-0.3, -0.25) is 4.99 Å². The Morgan fingerprint density at radius 3 is 2.74 bits per heavy atom. The van der Waals surface area contributed by atoms with Crippen molar-refractivity contribution in [2.24, 2.45) is 4.99 Å². The van der Waals surface area contributed by atoms with Gasteiger partial charge in [-0.05, 0) is 55.5 Å². The molecule has 4 nitrogen and oxygen atoms in total. The van der Waals surface area contributed by atoms with Crippen LogP contribution in [0.3, 0.4) is 0 Å². The van der Waals surface area contributed by atoms with Gasteiger partial charge in [-0.2, -0.15) is 4.98 Å². The molecule has 1 fully saturated rings. The van der Waals surface area contributed by atoms with Gasteiger partial charge in [0.2, 0.25) is 0 Å². The molecular formula is C19H19ClF3N3O. The Morgan fingerprint density at radius 2 is 2.15 bits per heavy atom. The van der Waals surface area contributed by atoms with Crippen molar-refractivity contribution >= 4 is 17.3 Å². The third-order valence-electron chi connectivity index (χ3n) is 4.48. The van der Waals surface area contributed by atoms with E-state index in [0.29, 0.717) is 17.4 Å². The van der Waals surface area contributed by atoms with E-state index in [4.69, 9.17) is 16.1 Å². The van der Waals surface area contributed by atoms with Crippen LogP contribution in [0.5, 0.6) is 0 Å². The zero-order chi connectivity index (χ0) is 19.6. The van der Waals surface area contributed by atoms with E-state index in [0.717, 1.165) is 24.8 Å². The molecular weight excluding hydrogens is 379 g/mol. The van der Waals surface area contributed by atoms with Crippen LogP contribution in [0.2, 0.25) is 5.02 Å². The summed E-state index contributed by atoms with van der Waals surface area (Å²) in [6.07, 6.45) is 0.908. The molecule has 0 bridgehead atoms. The maximum absolute atomic E-state index is 13.4. The molecule has 1 aliphatic carbocycles. The highest BCUT2D eigenvalue weighted by Gasteiger charge is 2.51.